The van der Waals surface area contributed by atoms with Gasteiger partial charge in [-0.15, -0.1) is 4.85 Å². The first kappa shape index (κ1) is 11.0. The maximum atomic E-state index is 12.0. The SMILES string of the molecule is O=c1cc(-n2nc3ccc([N+](=O)[O-])cc3[n+]2[O-])[nH][nH]1. The van der Waals surface area contributed by atoms with Gasteiger partial charge in [0.1, 0.15) is 0 Å². The van der Waals surface area contributed by atoms with Crippen LogP contribution in [0.2, 0.25) is 0 Å². The van der Waals surface area contributed by atoms with Crippen LogP contribution in [-0.4, -0.2) is 25.0 Å². The summed E-state index contributed by atoms with van der Waals surface area (Å²) in [7, 11) is 0. The molecule has 0 aliphatic heterocycles. The van der Waals surface area contributed by atoms with E-state index in [0.29, 0.717) is 4.85 Å². The Labute approximate surface area is 103 Å². The Morgan fingerprint density at radius 1 is 1.32 bits per heavy atom. The van der Waals surface area contributed by atoms with Gasteiger partial charge in [0, 0.05) is 16.9 Å². The summed E-state index contributed by atoms with van der Waals surface area (Å²) in [5, 5.41) is 31.3. The van der Waals surface area contributed by atoms with Crippen LogP contribution >= 0.6 is 0 Å². The molecule has 10 nitrogen and oxygen atoms in total. The molecule has 0 saturated carbocycles. The Morgan fingerprint density at radius 2 is 2.11 bits per heavy atom. The molecule has 3 rings (SSSR count). The van der Waals surface area contributed by atoms with Crippen LogP contribution in [0.15, 0.2) is 29.1 Å². The molecule has 1 aromatic carbocycles. The van der Waals surface area contributed by atoms with Gasteiger partial charge in [-0.25, -0.2) is 0 Å². The second-order valence-corrected chi connectivity index (χ2v) is 3.74. The van der Waals surface area contributed by atoms with E-state index in [1.807, 2.05) is 0 Å². The minimum Gasteiger partial charge on any atom is -0.692 e. The smallest absolute Gasteiger partial charge is 0.274 e. The number of hydrogen-bond donors (Lipinski definition) is 2. The molecule has 0 bridgehead atoms. The van der Waals surface area contributed by atoms with Gasteiger partial charge in [-0.1, -0.05) is 0 Å². The second-order valence-electron chi connectivity index (χ2n) is 3.74. The average molecular weight is 262 g/mol. The van der Waals surface area contributed by atoms with Crippen molar-refractivity contribution in [2.24, 2.45) is 0 Å². The predicted octanol–water partition coefficient (Wildman–Crippen LogP) is -0.417. The van der Waals surface area contributed by atoms with Crippen LogP contribution in [0.1, 0.15) is 0 Å². The zero-order valence-electron chi connectivity index (χ0n) is 9.23. The second kappa shape index (κ2) is 3.66. The molecule has 0 spiro atoms. The van der Waals surface area contributed by atoms with Gasteiger partial charge >= 0.3 is 0 Å². The van der Waals surface area contributed by atoms with Gasteiger partial charge in [0.15, 0.2) is 0 Å². The lowest BCUT2D eigenvalue weighted by Gasteiger charge is -2.00. The third-order valence-electron chi connectivity index (χ3n) is 2.55. The molecule has 0 aliphatic rings. The molecule has 2 N–H and O–H groups in total. The number of H-pyrrole nitrogens is 2. The Morgan fingerprint density at radius 3 is 2.74 bits per heavy atom. The van der Waals surface area contributed by atoms with Crippen molar-refractivity contribution in [3.8, 4) is 5.82 Å². The lowest BCUT2D eigenvalue weighted by atomic mass is 10.3. The van der Waals surface area contributed by atoms with E-state index in [1.165, 1.54) is 12.1 Å². The molecule has 19 heavy (non-hydrogen) atoms. The molecule has 0 amide bonds. The molecule has 2 aromatic heterocycles. The van der Waals surface area contributed by atoms with Crippen LogP contribution in [0.5, 0.6) is 0 Å². The highest BCUT2D eigenvalue weighted by molar-refractivity contribution is 5.73. The number of benzene rings is 1. The van der Waals surface area contributed by atoms with Crippen LogP contribution in [0, 0.1) is 15.3 Å². The number of nitro benzene ring substituents is 1. The van der Waals surface area contributed by atoms with Crippen molar-refractivity contribution in [3.05, 3.63) is 49.9 Å². The summed E-state index contributed by atoms with van der Waals surface area (Å²) in [5.41, 5.74) is -0.307. The van der Waals surface area contributed by atoms with Crippen LogP contribution < -0.4 is 10.4 Å². The third kappa shape index (κ3) is 1.62. The normalized spacial score (nSPS) is 10.9. The number of aromatic nitrogens is 5. The van der Waals surface area contributed by atoms with E-state index in [4.69, 9.17) is 0 Å². The van der Waals surface area contributed by atoms with E-state index in [1.54, 1.807) is 0 Å². The van der Waals surface area contributed by atoms with Gasteiger partial charge in [-0.3, -0.25) is 25.1 Å². The zero-order chi connectivity index (χ0) is 13.6. The molecule has 96 valence electrons. The van der Waals surface area contributed by atoms with E-state index < -0.39 is 10.5 Å². The molecule has 0 aliphatic carbocycles. The third-order valence-corrected chi connectivity index (χ3v) is 2.55. The van der Waals surface area contributed by atoms with Crippen molar-refractivity contribution in [2.75, 3.05) is 0 Å². The minimum absolute atomic E-state index is 0.0382. The number of non-ortho nitro benzene ring substituents is 1. The molecular weight excluding hydrogens is 256 g/mol. The predicted molar refractivity (Wildman–Crippen MR) is 61.7 cm³/mol. The minimum atomic E-state index is -0.602. The fourth-order valence-electron chi connectivity index (χ4n) is 1.69. The van der Waals surface area contributed by atoms with Gasteiger partial charge in [0.2, 0.25) is 11.3 Å². The highest BCUT2D eigenvalue weighted by Gasteiger charge is 2.20. The summed E-state index contributed by atoms with van der Waals surface area (Å²) in [5.74, 6) is 0.138. The summed E-state index contributed by atoms with van der Waals surface area (Å²) in [6, 6.07) is 4.88. The number of nitrogens with zero attached hydrogens (tertiary/aromatic N) is 4. The average Bonchev–Trinajstić information content (AvgIpc) is 2.93. The summed E-state index contributed by atoms with van der Waals surface area (Å²) in [6.45, 7) is 0. The lowest BCUT2D eigenvalue weighted by molar-refractivity contribution is -0.665. The summed E-state index contributed by atoms with van der Waals surface area (Å²) in [6.07, 6.45) is 0. The highest BCUT2D eigenvalue weighted by Crippen LogP contribution is 2.17. The molecule has 0 fully saturated rings. The first-order chi connectivity index (χ1) is 9.06. The quantitative estimate of drug-likeness (QED) is 0.280. The van der Waals surface area contributed by atoms with Gasteiger partial charge in [0.05, 0.1) is 22.2 Å². The Bertz CT molecular complexity index is 844. The van der Waals surface area contributed by atoms with Crippen molar-refractivity contribution < 1.29 is 9.77 Å². The topological polar surface area (TPSA) is 137 Å². The number of aromatic amines is 2. The Balaban J connectivity index is 2.26. The number of nitro groups is 1. The van der Waals surface area contributed by atoms with Gasteiger partial charge < -0.3 is 5.21 Å². The van der Waals surface area contributed by atoms with Gasteiger partial charge in [-0.05, 0) is 0 Å². The summed E-state index contributed by atoms with van der Waals surface area (Å²) >= 11 is 0. The van der Waals surface area contributed by atoms with Crippen LogP contribution in [0.4, 0.5) is 5.69 Å². The number of hydrogen-bond acceptors (Lipinski definition) is 5. The van der Waals surface area contributed by atoms with Crippen LogP contribution in [0.3, 0.4) is 0 Å². The lowest BCUT2D eigenvalue weighted by Crippen LogP contribution is -2.37. The van der Waals surface area contributed by atoms with Crippen LogP contribution in [0.25, 0.3) is 16.9 Å². The Kier molecular flexibility index (Phi) is 2.11. The number of fused-ring (bicyclic) bond motifs is 1. The monoisotopic (exact) mass is 262 g/mol. The summed E-state index contributed by atoms with van der Waals surface area (Å²) in [4.78, 5) is 22.3. The van der Waals surface area contributed by atoms with Crippen molar-refractivity contribution in [1.82, 2.24) is 20.1 Å². The van der Waals surface area contributed by atoms with E-state index in [-0.39, 0.29) is 22.5 Å². The molecule has 0 atom stereocenters. The largest absolute Gasteiger partial charge is 0.692 e. The number of nitrogens with one attached hydrogen (secondary N) is 2. The summed E-state index contributed by atoms with van der Waals surface area (Å²) < 4.78 is 0. The number of rotatable bonds is 2. The fourth-order valence-corrected chi connectivity index (χ4v) is 1.69. The molecule has 0 unspecified atom stereocenters. The van der Waals surface area contributed by atoms with E-state index >= 15 is 0 Å². The highest BCUT2D eigenvalue weighted by atomic mass is 16.6. The van der Waals surface area contributed by atoms with E-state index in [0.717, 1.165) is 16.9 Å². The van der Waals surface area contributed by atoms with Crippen molar-refractivity contribution in [3.63, 3.8) is 0 Å². The van der Waals surface area contributed by atoms with E-state index in [2.05, 4.69) is 15.3 Å². The van der Waals surface area contributed by atoms with Gasteiger partial charge in [-0.2, -0.15) is 0 Å². The standard InChI is InChI=1S/C9H6N6O4/c16-9-4-8(10-11-9)13-12-6-2-1-5(15(18)19)3-7(6)14(13)17/h1-4H,(H2,10,11,16). The fraction of sp³-hybridized carbons (Fsp3) is 0. The molecular formula is C9H6N6O4. The van der Waals surface area contributed by atoms with Crippen molar-refractivity contribution in [2.45, 2.75) is 0 Å². The van der Waals surface area contributed by atoms with Crippen molar-refractivity contribution >= 4 is 16.7 Å². The Hall–Kier alpha value is -3.17. The van der Waals surface area contributed by atoms with Crippen molar-refractivity contribution in [1.29, 1.82) is 0 Å². The van der Waals surface area contributed by atoms with Crippen LogP contribution in [-0.2, 0) is 0 Å². The molecule has 2 heterocycles. The zero-order valence-corrected chi connectivity index (χ0v) is 9.23. The molecule has 0 radical (unpaired) electrons. The molecule has 10 heteroatoms. The molecule has 0 saturated heterocycles. The van der Waals surface area contributed by atoms with E-state index in [9.17, 15) is 20.1 Å². The molecule has 3 aromatic rings. The maximum absolute atomic E-state index is 12.0. The maximum Gasteiger partial charge on any atom is 0.274 e. The van der Waals surface area contributed by atoms with Gasteiger partial charge in [0.25, 0.3) is 16.8 Å². The first-order valence-corrected chi connectivity index (χ1v) is 5.11. The first-order valence-electron chi connectivity index (χ1n) is 5.11.